The summed E-state index contributed by atoms with van der Waals surface area (Å²) >= 11 is 0. The second-order valence-corrected chi connectivity index (χ2v) is 4.67. The lowest BCUT2D eigenvalue weighted by Gasteiger charge is -2.19. The van der Waals surface area contributed by atoms with E-state index in [9.17, 15) is 5.11 Å². The summed E-state index contributed by atoms with van der Waals surface area (Å²) in [5, 5.41) is 10.3. The van der Waals surface area contributed by atoms with Gasteiger partial charge in [0, 0.05) is 20.1 Å². The molecular formula is C14H20O3. The molecule has 1 N–H and O–H groups in total. The highest BCUT2D eigenvalue weighted by Gasteiger charge is 2.19. The Morgan fingerprint density at radius 3 is 3.06 bits per heavy atom. The summed E-state index contributed by atoms with van der Waals surface area (Å²) in [6.07, 6.45) is 1.39. The topological polar surface area (TPSA) is 38.7 Å². The van der Waals surface area contributed by atoms with Crippen molar-refractivity contribution in [2.75, 3.05) is 20.3 Å². The second-order valence-electron chi connectivity index (χ2n) is 4.67. The molecule has 0 saturated heterocycles. The highest BCUT2D eigenvalue weighted by atomic mass is 16.5. The number of aliphatic hydroxyl groups is 1. The van der Waals surface area contributed by atoms with Gasteiger partial charge in [-0.05, 0) is 35.6 Å². The Morgan fingerprint density at radius 1 is 1.47 bits per heavy atom. The largest absolute Gasteiger partial charge is 0.493 e. The first-order chi connectivity index (χ1) is 8.22. The van der Waals surface area contributed by atoms with Crippen molar-refractivity contribution in [3.63, 3.8) is 0 Å². The van der Waals surface area contributed by atoms with Crippen molar-refractivity contribution in [2.24, 2.45) is 5.92 Å². The van der Waals surface area contributed by atoms with Gasteiger partial charge in [-0.3, -0.25) is 0 Å². The molecule has 3 nitrogen and oxygen atoms in total. The summed E-state index contributed by atoms with van der Waals surface area (Å²) in [4.78, 5) is 0. The second kappa shape index (κ2) is 5.52. The van der Waals surface area contributed by atoms with E-state index in [-0.39, 0.29) is 5.92 Å². The Bertz CT molecular complexity index is 376. The van der Waals surface area contributed by atoms with E-state index in [1.165, 1.54) is 5.56 Å². The van der Waals surface area contributed by atoms with Crippen molar-refractivity contribution >= 4 is 0 Å². The van der Waals surface area contributed by atoms with Gasteiger partial charge >= 0.3 is 0 Å². The first-order valence-corrected chi connectivity index (χ1v) is 6.15. The molecule has 2 rings (SSSR count). The third-order valence-electron chi connectivity index (χ3n) is 3.37. The highest BCUT2D eigenvalue weighted by Crippen LogP contribution is 2.31. The van der Waals surface area contributed by atoms with Gasteiger partial charge < -0.3 is 14.6 Å². The van der Waals surface area contributed by atoms with Crippen LogP contribution < -0.4 is 4.74 Å². The maximum atomic E-state index is 10.3. The Kier molecular flexibility index (Phi) is 4.02. The maximum absolute atomic E-state index is 10.3. The minimum absolute atomic E-state index is 0.204. The summed E-state index contributed by atoms with van der Waals surface area (Å²) < 4.78 is 10.5. The Labute approximate surface area is 102 Å². The normalized spacial score (nSPS) is 17.4. The minimum Gasteiger partial charge on any atom is -0.493 e. The zero-order valence-electron chi connectivity index (χ0n) is 10.5. The lowest BCUT2D eigenvalue weighted by molar-refractivity contribution is 0.0885. The van der Waals surface area contributed by atoms with E-state index in [1.807, 2.05) is 19.1 Å². The van der Waals surface area contributed by atoms with Crippen LogP contribution in [0.2, 0.25) is 0 Å². The predicted octanol–water partition coefficient (Wildman–Crippen LogP) is 2.33. The Morgan fingerprint density at radius 2 is 2.29 bits per heavy atom. The molecule has 0 aliphatic carbocycles. The fraction of sp³-hybridized carbons (Fsp3) is 0.571. The van der Waals surface area contributed by atoms with E-state index in [4.69, 9.17) is 9.47 Å². The third kappa shape index (κ3) is 2.79. The fourth-order valence-electron chi connectivity index (χ4n) is 2.18. The van der Waals surface area contributed by atoms with Crippen molar-refractivity contribution in [1.82, 2.24) is 0 Å². The number of fused-ring (bicyclic) bond motifs is 1. The summed E-state index contributed by atoms with van der Waals surface area (Å²) in [6.45, 7) is 3.49. The van der Waals surface area contributed by atoms with Crippen LogP contribution >= 0.6 is 0 Å². The molecule has 0 aromatic heterocycles. The number of hydrogen-bond acceptors (Lipinski definition) is 3. The van der Waals surface area contributed by atoms with E-state index in [0.717, 1.165) is 30.8 Å². The van der Waals surface area contributed by atoms with Crippen LogP contribution in [0.25, 0.3) is 0 Å². The quantitative estimate of drug-likeness (QED) is 0.852. The van der Waals surface area contributed by atoms with Gasteiger partial charge in [-0.1, -0.05) is 13.0 Å². The molecule has 0 spiro atoms. The molecule has 17 heavy (non-hydrogen) atoms. The average molecular weight is 236 g/mol. The molecular weight excluding hydrogens is 216 g/mol. The average Bonchev–Trinajstić information content (AvgIpc) is 2.81. The summed E-state index contributed by atoms with van der Waals surface area (Å²) in [5.74, 6) is 1.17. The SMILES string of the molecule is COCCC(C)C(O)c1ccc2c(c1)CCO2. The van der Waals surface area contributed by atoms with E-state index >= 15 is 0 Å². The van der Waals surface area contributed by atoms with Gasteiger partial charge in [0.1, 0.15) is 5.75 Å². The van der Waals surface area contributed by atoms with E-state index < -0.39 is 6.10 Å². The standard InChI is InChI=1S/C14H20O3/c1-10(5-7-16-2)14(15)12-3-4-13-11(9-12)6-8-17-13/h3-4,9-10,14-15H,5-8H2,1-2H3. The molecule has 2 atom stereocenters. The lowest BCUT2D eigenvalue weighted by Crippen LogP contribution is -2.11. The molecule has 0 amide bonds. The van der Waals surface area contributed by atoms with Crippen molar-refractivity contribution in [2.45, 2.75) is 25.9 Å². The monoisotopic (exact) mass is 236 g/mol. The number of aliphatic hydroxyl groups excluding tert-OH is 1. The number of ether oxygens (including phenoxy) is 2. The van der Waals surface area contributed by atoms with Gasteiger partial charge in [0.25, 0.3) is 0 Å². The molecule has 3 heteroatoms. The van der Waals surface area contributed by atoms with Crippen LogP contribution in [0.4, 0.5) is 0 Å². The fourth-order valence-corrected chi connectivity index (χ4v) is 2.18. The van der Waals surface area contributed by atoms with Crippen LogP contribution in [-0.2, 0) is 11.2 Å². The smallest absolute Gasteiger partial charge is 0.122 e. The van der Waals surface area contributed by atoms with Gasteiger partial charge in [0.15, 0.2) is 0 Å². The number of methoxy groups -OCH3 is 1. The molecule has 1 aromatic rings. The molecule has 1 heterocycles. The Hall–Kier alpha value is -1.06. The zero-order valence-corrected chi connectivity index (χ0v) is 10.5. The zero-order chi connectivity index (χ0) is 12.3. The van der Waals surface area contributed by atoms with Gasteiger partial charge in [-0.2, -0.15) is 0 Å². The van der Waals surface area contributed by atoms with Crippen molar-refractivity contribution in [3.05, 3.63) is 29.3 Å². The number of hydrogen-bond donors (Lipinski definition) is 1. The van der Waals surface area contributed by atoms with Crippen LogP contribution in [0, 0.1) is 5.92 Å². The molecule has 1 aliphatic rings. The molecule has 0 bridgehead atoms. The van der Waals surface area contributed by atoms with E-state index in [2.05, 4.69) is 6.07 Å². The van der Waals surface area contributed by atoms with Crippen molar-refractivity contribution in [3.8, 4) is 5.75 Å². The molecule has 0 saturated carbocycles. The van der Waals surface area contributed by atoms with Gasteiger partial charge in [-0.15, -0.1) is 0 Å². The molecule has 0 fully saturated rings. The summed E-state index contributed by atoms with van der Waals surface area (Å²) in [7, 11) is 1.69. The molecule has 94 valence electrons. The molecule has 2 unspecified atom stereocenters. The molecule has 1 aliphatic heterocycles. The molecule has 1 aromatic carbocycles. The van der Waals surface area contributed by atoms with Gasteiger partial charge in [0.2, 0.25) is 0 Å². The molecule has 0 radical (unpaired) electrons. The first-order valence-electron chi connectivity index (χ1n) is 6.15. The van der Waals surface area contributed by atoms with E-state index in [1.54, 1.807) is 7.11 Å². The van der Waals surface area contributed by atoms with E-state index in [0.29, 0.717) is 6.61 Å². The Balaban J connectivity index is 2.06. The number of rotatable bonds is 5. The third-order valence-corrected chi connectivity index (χ3v) is 3.37. The highest BCUT2D eigenvalue weighted by molar-refractivity contribution is 5.40. The predicted molar refractivity (Wildman–Crippen MR) is 66.3 cm³/mol. The minimum atomic E-state index is -0.420. The van der Waals surface area contributed by atoms with Crippen LogP contribution in [0.15, 0.2) is 18.2 Å². The van der Waals surface area contributed by atoms with Crippen LogP contribution in [0.3, 0.4) is 0 Å². The lowest BCUT2D eigenvalue weighted by atomic mass is 9.93. The van der Waals surface area contributed by atoms with Gasteiger partial charge in [-0.25, -0.2) is 0 Å². The van der Waals surface area contributed by atoms with Crippen LogP contribution in [0.1, 0.15) is 30.6 Å². The van der Waals surface area contributed by atoms with Crippen molar-refractivity contribution < 1.29 is 14.6 Å². The maximum Gasteiger partial charge on any atom is 0.122 e. The van der Waals surface area contributed by atoms with Crippen molar-refractivity contribution in [1.29, 1.82) is 0 Å². The van der Waals surface area contributed by atoms with Crippen LogP contribution in [0.5, 0.6) is 5.75 Å². The summed E-state index contributed by atoms with van der Waals surface area (Å²) in [6, 6.07) is 5.98. The van der Waals surface area contributed by atoms with Gasteiger partial charge in [0.05, 0.1) is 12.7 Å². The summed E-state index contributed by atoms with van der Waals surface area (Å²) in [5.41, 5.74) is 2.19. The first kappa shape index (κ1) is 12.4. The number of benzene rings is 1. The van der Waals surface area contributed by atoms with Crippen LogP contribution in [-0.4, -0.2) is 25.4 Å².